The fourth-order valence-electron chi connectivity index (χ4n) is 2.99. The van der Waals surface area contributed by atoms with E-state index in [0.717, 1.165) is 17.8 Å². The van der Waals surface area contributed by atoms with Crippen LogP contribution in [0.2, 0.25) is 5.02 Å². The molecule has 3 rings (SSSR count). The van der Waals surface area contributed by atoms with Crippen molar-refractivity contribution < 1.29 is 18.0 Å². The molecule has 1 aliphatic heterocycles. The Bertz CT molecular complexity index is 805. The number of urea groups is 1. The van der Waals surface area contributed by atoms with Crippen molar-refractivity contribution in [3.63, 3.8) is 0 Å². The number of carbonyl (C=O) groups excluding carboxylic acids is 1. The van der Waals surface area contributed by atoms with E-state index in [1.807, 2.05) is 24.3 Å². The third kappa shape index (κ3) is 5.07. The van der Waals surface area contributed by atoms with Crippen molar-refractivity contribution in [1.29, 1.82) is 0 Å². The molecular formula is C19H19ClF3N3O. The van der Waals surface area contributed by atoms with Gasteiger partial charge >= 0.3 is 12.2 Å². The number of hydrogen-bond donors (Lipinski definition) is 1. The van der Waals surface area contributed by atoms with Gasteiger partial charge in [-0.25, -0.2) is 4.79 Å². The van der Waals surface area contributed by atoms with Crippen LogP contribution >= 0.6 is 11.6 Å². The van der Waals surface area contributed by atoms with Gasteiger partial charge in [0.2, 0.25) is 0 Å². The van der Waals surface area contributed by atoms with Crippen LogP contribution in [0.3, 0.4) is 0 Å². The number of anilines is 1. The normalized spacial score (nSPS) is 15.0. The van der Waals surface area contributed by atoms with Crippen LogP contribution in [0.15, 0.2) is 48.5 Å². The van der Waals surface area contributed by atoms with Gasteiger partial charge in [0.15, 0.2) is 0 Å². The number of hydrogen-bond acceptors (Lipinski definition) is 2. The Labute approximate surface area is 160 Å². The minimum absolute atomic E-state index is 0.0528. The Kier molecular flexibility index (Phi) is 5.79. The second-order valence-corrected chi connectivity index (χ2v) is 6.75. The summed E-state index contributed by atoms with van der Waals surface area (Å²) in [6, 6.07) is 12.2. The van der Waals surface area contributed by atoms with Gasteiger partial charge in [0.05, 0.1) is 5.56 Å². The summed E-state index contributed by atoms with van der Waals surface area (Å²) in [4.78, 5) is 16.1. The zero-order valence-electron chi connectivity index (χ0n) is 14.5. The largest absolute Gasteiger partial charge is 0.416 e. The first kappa shape index (κ1) is 19.4. The third-order valence-electron chi connectivity index (χ3n) is 4.44. The highest BCUT2D eigenvalue weighted by atomic mass is 35.5. The molecule has 0 atom stereocenters. The lowest BCUT2D eigenvalue weighted by Gasteiger charge is -2.36. The minimum Gasteiger partial charge on any atom is -0.368 e. The quantitative estimate of drug-likeness (QED) is 0.833. The maximum atomic E-state index is 12.8. The van der Waals surface area contributed by atoms with Crippen LogP contribution in [0.1, 0.15) is 11.1 Å². The van der Waals surface area contributed by atoms with E-state index in [1.165, 1.54) is 6.07 Å². The number of benzene rings is 2. The van der Waals surface area contributed by atoms with Gasteiger partial charge in [-0.3, -0.25) is 0 Å². The molecule has 0 radical (unpaired) electrons. The van der Waals surface area contributed by atoms with E-state index in [2.05, 4.69) is 10.2 Å². The summed E-state index contributed by atoms with van der Waals surface area (Å²) in [5.74, 6) is 0. The zero-order chi connectivity index (χ0) is 19.4. The van der Waals surface area contributed by atoms with E-state index in [1.54, 1.807) is 11.0 Å². The molecule has 0 spiro atoms. The van der Waals surface area contributed by atoms with E-state index < -0.39 is 11.7 Å². The number of rotatable bonds is 3. The number of nitrogens with zero attached hydrogens (tertiary/aromatic N) is 2. The first-order chi connectivity index (χ1) is 12.8. The van der Waals surface area contributed by atoms with E-state index in [4.69, 9.17) is 11.6 Å². The average molecular weight is 398 g/mol. The van der Waals surface area contributed by atoms with Gasteiger partial charge in [-0.1, -0.05) is 29.8 Å². The maximum absolute atomic E-state index is 12.8. The molecule has 8 heteroatoms. The van der Waals surface area contributed by atoms with Crippen molar-refractivity contribution >= 4 is 23.3 Å². The Balaban J connectivity index is 1.51. The molecule has 4 nitrogen and oxygen atoms in total. The molecular weight excluding hydrogens is 379 g/mol. The third-order valence-corrected chi connectivity index (χ3v) is 4.67. The Morgan fingerprint density at radius 2 is 1.74 bits per heavy atom. The number of nitrogens with one attached hydrogen (secondary N) is 1. The molecule has 0 aliphatic carbocycles. The Morgan fingerprint density at radius 1 is 1.04 bits per heavy atom. The fourth-order valence-corrected chi connectivity index (χ4v) is 3.17. The Morgan fingerprint density at radius 3 is 2.41 bits per heavy atom. The second kappa shape index (κ2) is 8.08. The average Bonchev–Trinajstić information content (AvgIpc) is 2.66. The molecule has 2 amide bonds. The van der Waals surface area contributed by atoms with Gasteiger partial charge in [-0.2, -0.15) is 13.2 Å². The van der Waals surface area contributed by atoms with E-state index in [0.29, 0.717) is 36.8 Å². The van der Waals surface area contributed by atoms with Crippen LogP contribution in [0.4, 0.5) is 23.7 Å². The highest BCUT2D eigenvalue weighted by Crippen LogP contribution is 2.29. The standard InChI is InChI=1S/C19H19ClF3N3O/c20-16-5-2-6-17(12-16)25-7-9-26(10-8-25)18(27)24-13-14-3-1-4-15(11-14)19(21,22)23/h1-6,11-12H,7-10,13H2,(H,24,27). The van der Waals surface area contributed by atoms with Crippen LogP contribution in [0.25, 0.3) is 0 Å². The monoisotopic (exact) mass is 397 g/mol. The van der Waals surface area contributed by atoms with Crippen molar-refractivity contribution in [3.8, 4) is 0 Å². The molecule has 1 N–H and O–H groups in total. The number of piperazine rings is 1. The van der Waals surface area contributed by atoms with Crippen LogP contribution in [0, 0.1) is 0 Å². The molecule has 0 saturated carbocycles. The predicted octanol–water partition coefficient (Wildman–Crippen LogP) is 4.39. The van der Waals surface area contributed by atoms with Crippen molar-refractivity contribution in [3.05, 3.63) is 64.7 Å². The molecule has 2 aromatic carbocycles. The van der Waals surface area contributed by atoms with E-state index >= 15 is 0 Å². The summed E-state index contributed by atoms with van der Waals surface area (Å²) in [6.07, 6.45) is -4.39. The topological polar surface area (TPSA) is 35.6 Å². The summed E-state index contributed by atoms with van der Waals surface area (Å²) in [7, 11) is 0. The fraction of sp³-hybridized carbons (Fsp3) is 0.316. The lowest BCUT2D eigenvalue weighted by Crippen LogP contribution is -2.51. The first-order valence-electron chi connectivity index (χ1n) is 8.52. The highest BCUT2D eigenvalue weighted by Gasteiger charge is 2.30. The molecule has 144 valence electrons. The SMILES string of the molecule is O=C(NCc1cccc(C(F)(F)F)c1)N1CCN(c2cccc(Cl)c2)CC1. The predicted molar refractivity (Wildman–Crippen MR) is 98.9 cm³/mol. The maximum Gasteiger partial charge on any atom is 0.416 e. The van der Waals surface area contributed by atoms with Crippen molar-refractivity contribution in [2.75, 3.05) is 31.1 Å². The number of alkyl halides is 3. The van der Waals surface area contributed by atoms with Gasteiger partial charge in [-0.15, -0.1) is 0 Å². The lowest BCUT2D eigenvalue weighted by atomic mass is 10.1. The minimum atomic E-state index is -4.39. The summed E-state index contributed by atoms with van der Waals surface area (Å²) in [5, 5.41) is 3.35. The van der Waals surface area contributed by atoms with Gasteiger partial charge in [-0.05, 0) is 35.9 Å². The molecule has 0 unspecified atom stereocenters. The lowest BCUT2D eigenvalue weighted by molar-refractivity contribution is -0.137. The van der Waals surface area contributed by atoms with E-state index in [9.17, 15) is 18.0 Å². The second-order valence-electron chi connectivity index (χ2n) is 6.31. The number of amides is 2. The molecule has 1 saturated heterocycles. The summed E-state index contributed by atoms with van der Waals surface area (Å²) in [5.41, 5.74) is 0.701. The summed E-state index contributed by atoms with van der Waals surface area (Å²) >= 11 is 6.01. The van der Waals surface area contributed by atoms with Gasteiger partial charge in [0.25, 0.3) is 0 Å². The molecule has 0 bridgehead atoms. The molecule has 1 aliphatic rings. The van der Waals surface area contributed by atoms with E-state index in [-0.39, 0.29) is 12.6 Å². The van der Waals surface area contributed by atoms with Gasteiger partial charge in [0.1, 0.15) is 0 Å². The van der Waals surface area contributed by atoms with Crippen LogP contribution in [-0.2, 0) is 12.7 Å². The number of halogens is 4. The van der Waals surface area contributed by atoms with Crippen LogP contribution in [0.5, 0.6) is 0 Å². The zero-order valence-corrected chi connectivity index (χ0v) is 15.2. The van der Waals surface area contributed by atoms with Gasteiger partial charge < -0.3 is 15.1 Å². The van der Waals surface area contributed by atoms with Crippen LogP contribution in [-0.4, -0.2) is 37.1 Å². The Hall–Kier alpha value is -2.41. The van der Waals surface area contributed by atoms with Crippen molar-refractivity contribution in [2.24, 2.45) is 0 Å². The van der Waals surface area contributed by atoms with Crippen molar-refractivity contribution in [2.45, 2.75) is 12.7 Å². The number of carbonyl (C=O) groups is 1. The summed E-state index contributed by atoms with van der Waals surface area (Å²) in [6.45, 7) is 2.44. The summed E-state index contributed by atoms with van der Waals surface area (Å²) < 4.78 is 38.3. The molecule has 1 fully saturated rings. The van der Waals surface area contributed by atoms with Crippen molar-refractivity contribution in [1.82, 2.24) is 10.2 Å². The molecule has 2 aromatic rings. The highest BCUT2D eigenvalue weighted by molar-refractivity contribution is 6.30. The smallest absolute Gasteiger partial charge is 0.368 e. The van der Waals surface area contributed by atoms with Crippen LogP contribution < -0.4 is 10.2 Å². The van der Waals surface area contributed by atoms with Gasteiger partial charge in [0, 0.05) is 43.4 Å². The first-order valence-corrected chi connectivity index (χ1v) is 8.90. The molecule has 1 heterocycles. The molecule has 0 aromatic heterocycles. The molecule has 27 heavy (non-hydrogen) atoms.